The third kappa shape index (κ3) is 13.6. The summed E-state index contributed by atoms with van der Waals surface area (Å²) in [7, 11) is 1.48. The molecule has 0 aromatic heterocycles. The number of esters is 1. The van der Waals surface area contributed by atoms with E-state index in [9.17, 15) is 29.7 Å². The molecule has 0 fully saturated rings. The van der Waals surface area contributed by atoms with Gasteiger partial charge in [0.15, 0.2) is 0 Å². The molecule has 5 N–H and O–H groups in total. The molecule has 1 aromatic rings. The second-order valence-electron chi connectivity index (χ2n) is 11.8. The van der Waals surface area contributed by atoms with Gasteiger partial charge in [0.2, 0.25) is 11.8 Å². The molecule has 2 rings (SSSR count). The van der Waals surface area contributed by atoms with Crippen molar-refractivity contribution in [2.45, 2.75) is 97.3 Å². The molecule has 47 heavy (non-hydrogen) atoms. The summed E-state index contributed by atoms with van der Waals surface area (Å²) in [6, 6.07) is 1.85. The van der Waals surface area contributed by atoms with Gasteiger partial charge in [0.25, 0.3) is 0 Å². The van der Waals surface area contributed by atoms with Crippen LogP contribution in [-0.4, -0.2) is 65.1 Å². The molecular weight excluding hydrogens is 600 g/mol. The summed E-state index contributed by atoms with van der Waals surface area (Å²) in [5.74, 6) is -1.94. The van der Waals surface area contributed by atoms with Crippen molar-refractivity contribution in [1.82, 2.24) is 5.32 Å². The van der Waals surface area contributed by atoms with Crippen LogP contribution in [0.3, 0.4) is 0 Å². The van der Waals surface area contributed by atoms with E-state index in [1.165, 1.54) is 19.2 Å². The van der Waals surface area contributed by atoms with Crippen LogP contribution in [0.5, 0.6) is 11.5 Å². The number of rotatable bonds is 18. The highest BCUT2D eigenvalue weighted by atomic mass is 16.5. The number of hydrogen-bond acceptors (Lipinski definition) is 8. The Morgan fingerprint density at radius 3 is 2.49 bits per heavy atom. The summed E-state index contributed by atoms with van der Waals surface area (Å²) in [5.41, 5.74) is 1.87. The van der Waals surface area contributed by atoms with Crippen LogP contribution in [-0.2, 0) is 30.3 Å². The second kappa shape index (κ2) is 20.9. The van der Waals surface area contributed by atoms with Gasteiger partial charge in [-0.2, -0.15) is 0 Å². The van der Waals surface area contributed by atoms with E-state index in [1.54, 1.807) is 20.8 Å². The lowest BCUT2D eigenvalue weighted by Crippen LogP contribution is -2.43. The van der Waals surface area contributed by atoms with E-state index >= 15 is 0 Å². The Morgan fingerprint density at radius 2 is 1.81 bits per heavy atom. The van der Waals surface area contributed by atoms with Crippen LogP contribution in [0.4, 0.5) is 5.69 Å². The number of methoxy groups -OCH3 is 1. The number of carbonyl (C=O) groups excluding carboxylic acids is 3. The van der Waals surface area contributed by atoms with E-state index in [0.717, 1.165) is 19.3 Å². The number of phenolic OH excluding ortho intramolecular Hbond substituents is 2. The SMILES string of the molecule is CC=CC=CC=CCC(OC(=O)C(C)NC(=O)C1=CCCCC1)C(C)C(O)C(C)=CCCc1cc(O)cc(NC(=O)CCOC)c1O. The van der Waals surface area contributed by atoms with Gasteiger partial charge in [0, 0.05) is 31.1 Å². The zero-order valence-electron chi connectivity index (χ0n) is 28.3. The fourth-order valence-electron chi connectivity index (χ4n) is 5.11. The minimum Gasteiger partial charge on any atom is -0.508 e. The van der Waals surface area contributed by atoms with Crippen molar-refractivity contribution in [3.05, 3.63) is 77.5 Å². The molecule has 0 saturated heterocycles. The molecule has 0 saturated carbocycles. The van der Waals surface area contributed by atoms with Gasteiger partial charge in [0.1, 0.15) is 23.6 Å². The Balaban J connectivity index is 2.12. The first kappa shape index (κ1) is 39.0. The van der Waals surface area contributed by atoms with E-state index < -0.39 is 30.1 Å². The molecule has 1 aliphatic carbocycles. The Morgan fingerprint density at radius 1 is 1.06 bits per heavy atom. The number of allylic oxidation sites excluding steroid dienone is 7. The minimum atomic E-state index is -0.953. The van der Waals surface area contributed by atoms with Gasteiger partial charge >= 0.3 is 5.97 Å². The highest BCUT2D eigenvalue weighted by Gasteiger charge is 2.30. The summed E-state index contributed by atoms with van der Waals surface area (Å²) in [5, 5.41) is 37.5. The Bertz CT molecular complexity index is 1340. The number of amides is 2. The van der Waals surface area contributed by atoms with E-state index in [-0.39, 0.29) is 42.0 Å². The summed E-state index contributed by atoms with van der Waals surface area (Å²) in [4.78, 5) is 37.9. The monoisotopic (exact) mass is 652 g/mol. The molecule has 0 heterocycles. The van der Waals surface area contributed by atoms with Crippen molar-refractivity contribution in [2.75, 3.05) is 19.0 Å². The molecule has 0 radical (unpaired) electrons. The van der Waals surface area contributed by atoms with E-state index in [2.05, 4.69) is 10.6 Å². The number of aromatic hydroxyl groups is 2. The van der Waals surface area contributed by atoms with E-state index in [0.29, 0.717) is 42.4 Å². The standard InChI is InChI=1S/C37H52N2O8/c1-6-7-8-9-10-14-20-32(47-37(45)27(4)38-36(44)28-17-12-11-13-18-28)26(3)34(42)25(2)16-15-19-29-23-30(40)24-31(35(29)43)39-33(41)21-22-46-5/h6-10,14,16-17,23-24,26-27,32,34,40,42-43H,11-13,15,18-22H2,1-5H3,(H,38,44)(H,39,41). The highest BCUT2D eigenvalue weighted by Crippen LogP contribution is 2.33. The molecule has 1 aliphatic rings. The molecule has 2 amide bonds. The van der Waals surface area contributed by atoms with E-state index in [4.69, 9.17) is 9.47 Å². The van der Waals surface area contributed by atoms with Crippen LogP contribution in [0.2, 0.25) is 0 Å². The van der Waals surface area contributed by atoms with Crippen molar-refractivity contribution < 1.29 is 39.2 Å². The lowest BCUT2D eigenvalue weighted by atomic mass is 9.90. The Labute approximate surface area is 278 Å². The lowest BCUT2D eigenvalue weighted by molar-refractivity contribution is -0.156. The fourth-order valence-corrected chi connectivity index (χ4v) is 5.11. The van der Waals surface area contributed by atoms with Gasteiger partial charge in [-0.15, -0.1) is 0 Å². The number of phenols is 2. The summed E-state index contributed by atoms with van der Waals surface area (Å²) >= 11 is 0. The first-order valence-electron chi connectivity index (χ1n) is 16.3. The number of anilines is 1. The minimum absolute atomic E-state index is 0.101. The Hall–Kier alpha value is -4.15. The molecule has 0 aliphatic heterocycles. The van der Waals surface area contributed by atoms with Gasteiger partial charge in [-0.25, -0.2) is 4.79 Å². The number of hydrogen-bond donors (Lipinski definition) is 5. The number of aliphatic hydroxyl groups is 1. The quantitative estimate of drug-likeness (QED) is 0.0429. The predicted octanol–water partition coefficient (Wildman–Crippen LogP) is 5.94. The normalized spacial score (nSPS) is 16.6. The molecule has 4 atom stereocenters. The number of carbonyl (C=O) groups is 3. The lowest BCUT2D eigenvalue weighted by Gasteiger charge is -2.29. The number of ether oxygens (including phenoxy) is 2. The second-order valence-corrected chi connectivity index (χ2v) is 11.8. The van der Waals surface area contributed by atoms with Crippen molar-refractivity contribution in [2.24, 2.45) is 5.92 Å². The first-order chi connectivity index (χ1) is 22.5. The molecular formula is C37H52N2O8. The zero-order chi connectivity index (χ0) is 34.8. The maximum atomic E-state index is 13.1. The molecule has 258 valence electrons. The van der Waals surface area contributed by atoms with Gasteiger partial charge in [-0.05, 0) is 76.5 Å². The largest absolute Gasteiger partial charge is 0.508 e. The van der Waals surface area contributed by atoms with Gasteiger partial charge in [0.05, 0.1) is 24.8 Å². The van der Waals surface area contributed by atoms with E-state index in [1.807, 2.05) is 55.5 Å². The number of aryl methyl sites for hydroxylation is 1. The zero-order valence-corrected chi connectivity index (χ0v) is 28.3. The number of nitrogens with one attached hydrogen (secondary N) is 2. The summed E-state index contributed by atoms with van der Waals surface area (Å²) in [6.07, 6.45) is 18.1. The van der Waals surface area contributed by atoms with Crippen molar-refractivity contribution in [3.63, 3.8) is 0 Å². The topological polar surface area (TPSA) is 154 Å². The van der Waals surface area contributed by atoms with Crippen molar-refractivity contribution in [3.8, 4) is 11.5 Å². The molecule has 0 bridgehead atoms. The Kier molecular flexibility index (Phi) is 17.3. The van der Waals surface area contributed by atoms with Crippen LogP contribution in [0, 0.1) is 5.92 Å². The summed E-state index contributed by atoms with van der Waals surface area (Å²) < 4.78 is 10.8. The highest BCUT2D eigenvalue weighted by molar-refractivity contribution is 5.96. The molecule has 4 unspecified atom stereocenters. The van der Waals surface area contributed by atoms with Gasteiger partial charge in [-0.3, -0.25) is 9.59 Å². The predicted molar refractivity (Wildman–Crippen MR) is 184 cm³/mol. The third-order valence-electron chi connectivity index (χ3n) is 7.99. The molecule has 10 heteroatoms. The van der Waals surface area contributed by atoms with Crippen molar-refractivity contribution >= 4 is 23.5 Å². The fraction of sp³-hybridized carbons (Fsp3) is 0.486. The van der Waals surface area contributed by atoms with Crippen LogP contribution in [0.25, 0.3) is 0 Å². The molecule has 1 aromatic carbocycles. The maximum absolute atomic E-state index is 13.1. The third-order valence-corrected chi connectivity index (χ3v) is 7.99. The van der Waals surface area contributed by atoms with Crippen LogP contribution < -0.4 is 10.6 Å². The smallest absolute Gasteiger partial charge is 0.328 e. The van der Waals surface area contributed by atoms with Gasteiger partial charge in [-0.1, -0.05) is 55.5 Å². The first-order valence-corrected chi connectivity index (χ1v) is 16.3. The van der Waals surface area contributed by atoms with Crippen LogP contribution in [0.1, 0.15) is 78.2 Å². The average molecular weight is 653 g/mol. The molecule has 0 spiro atoms. The van der Waals surface area contributed by atoms with Crippen LogP contribution in [0.15, 0.2) is 71.9 Å². The maximum Gasteiger partial charge on any atom is 0.328 e. The number of aliphatic hydroxyl groups excluding tert-OH is 1. The summed E-state index contributed by atoms with van der Waals surface area (Å²) in [6.45, 7) is 7.32. The number of benzene rings is 1. The van der Waals surface area contributed by atoms with Crippen molar-refractivity contribution in [1.29, 1.82) is 0 Å². The van der Waals surface area contributed by atoms with Gasteiger partial charge < -0.3 is 35.4 Å². The average Bonchev–Trinajstić information content (AvgIpc) is 3.06. The van der Waals surface area contributed by atoms with Crippen LogP contribution >= 0.6 is 0 Å². The molecule has 10 nitrogen and oxygen atoms in total.